The Morgan fingerprint density at radius 3 is 2.20 bits per heavy atom. The van der Waals surface area contributed by atoms with E-state index in [1.54, 1.807) is 14.2 Å². The van der Waals surface area contributed by atoms with Gasteiger partial charge in [0.2, 0.25) is 0 Å². The zero-order valence-electron chi connectivity index (χ0n) is 11.8. The predicted octanol–water partition coefficient (Wildman–Crippen LogP) is 1.59. The van der Waals surface area contributed by atoms with E-state index in [9.17, 15) is 13.9 Å². The van der Waals surface area contributed by atoms with Crippen LogP contribution in [0.15, 0.2) is 18.2 Å². The van der Waals surface area contributed by atoms with Crippen molar-refractivity contribution < 1.29 is 23.4 Å². The zero-order valence-corrected chi connectivity index (χ0v) is 11.8. The van der Waals surface area contributed by atoms with Gasteiger partial charge < -0.3 is 14.6 Å². The van der Waals surface area contributed by atoms with Crippen molar-refractivity contribution in [3.05, 3.63) is 35.4 Å². The molecule has 0 amide bonds. The van der Waals surface area contributed by atoms with E-state index >= 15 is 0 Å². The van der Waals surface area contributed by atoms with E-state index < -0.39 is 17.7 Å². The second-order valence-electron chi connectivity index (χ2n) is 4.48. The number of aliphatic hydroxyl groups is 1. The molecule has 1 atom stereocenters. The number of benzene rings is 1. The zero-order chi connectivity index (χ0) is 15.0. The average molecular weight is 289 g/mol. The average Bonchev–Trinajstić information content (AvgIpc) is 2.44. The van der Waals surface area contributed by atoms with Crippen molar-refractivity contribution in [2.24, 2.45) is 0 Å². The van der Waals surface area contributed by atoms with E-state index in [2.05, 4.69) is 0 Å². The van der Waals surface area contributed by atoms with E-state index in [1.165, 1.54) is 6.07 Å². The van der Waals surface area contributed by atoms with Crippen LogP contribution in [0.3, 0.4) is 0 Å². The molecule has 0 radical (unpaired) electrons. The van der Waals surface area contributed by atoms with Crippen LogP contribution in [-0.2, 0) is 9.47 Å². The molecule has 0 spiro atoms. The lowest BCUT2D eigenvalue weighted by Gasteiger charge is -2.24. The van der Waals surface area contributed by atoms with E-state index in [0.717, 1.165) is 12.1 Å². The number of hydrogen-bond donors (Lipinski definition) is 1. The lowest BCUT2D eigenvalue weighted by Crippen LogP contribution is -2.34. The minimum atomic E-state index is -0.957. The SMILES string of the molecule is COCCN(CCOC)CC(O)c1ccc(F)c(F)c1. The highest BCUT2D eigenvalue weighted by Gasteiger charge is 2.15. The summed E-state index contributed by atoms with van der Waals surface area (Å²) in [7, 11) is 3.19. The molecule has 0 saturated heterocycles. The molecule has 20 heavy (non-hydrogen) atoms. The van der Waals surface area contributed by atoms with E-state index in [0.29, 0.717) is 38.4 Å². The van der Waals surface area contributed by atoms with Gasteiger partial charge in [-0.15, -0.1) is 0 Å². The second kappa shape index (κ2) is 8.97. The van der Waals surface area contributed by atoms with Crippen LogP contribution in [0.1, 0.15) is 11.7 Å². The van der Waals surface area contributed by atoms with Crippen LogP contribution in [0.4, 0.5) is 8.78 Å². The summed E-state index contributed by atoms with van der Waals surface area (Å²) >= 11 is 0. The minimum absolute atomic E-state index is 0.303. The predicted molar refractivity (Wildman–Crippen MR) is 71.5 cm³/mol. The topological polar surface area (TPSA) is 41.9 Å². The Morgan fingerprint density at radius 2 is 1.70 bits per heavy atom. The van der Waals surface area contributed by atoms with Gasteiger partial charge in [0.1, 0.15) is 0 Å². The number of aliphatic hydroxyl groups excluding tert-OH is 1. The highest BCUT2D eigenvalue weighted by molar-refractivity contribution is 5.20. The third kappa shape index (κ3) is 5.50. The largest absolute Gasteiger partial charge is 0.387 e. The Hall–Kier alpha value is -1.08. The number of methoxy groups -OCH3 is 2. The summed E-state index contributed by atoms with van der Waals surface area (Å²) in [6.45, 7) is 2.60. The van der Waals surface area contributed by atoms with Gasteiger partial charge in [-0.2, -0.15) is 0 Å². The maximum atomic E-state index is 13.1. The van der Waals surface area contributed by atoms with Gasteiger partial charge in [-0.05, 0) is 17.7 Å². The van der Waals surface area contributed by atoms with Crippen molar-refractivity contribution in [1.82, 2.24) is 4.90 Å². The molecule has 1 N–H and O–H groups in total. The summed E-state index contributed by atoms with van der Waals surface area (Å²) in [5.41, 5.74) is 0.351. The van der Waals surface area contributed by atoms with Gasteiger partial charge in [0.25, 0.3) is 0 Å². The van der Waals surface area contributed by atoms with Crippen molar-refractivity contribution >= 4 is 0 Å². The molecule has 0 bridgehead atoms. The monoisotopic (exact) mass is 289 g/mol. The smallest absolute Gasteiger partial charge is 0.159 e. The molecule has 0 aromatic heterocycles. The molecular formula is C14H21F2NO3. The number of ether oxygens (including phenoxy) is 2. The first-order valence-electron chi connectivity index (χ1n) is 6.41. The normalized spacial score (nSPS) is 12.9. The Labute approximate surface area is 117 Å². The standard InChI is InChI=1S/C14H21F2NO3/c1-19-7-5-17(6-8-20-2)10-14(18)11-3-4-12(15)13(16)9-11/h3-4,9,14,18H,5-8,10H2,1-2H3. The Bertz CT molecular complexity index is 396. The fraction of sp³-hybridized carbons (Fsp3) is 0.571. The summed E-state index contributed by atoms with van der Waals surface area (Å²) in [5, 5.41) is 10.1. The van der Waals surface area contributed by atoms with Crippen LogP contribution in [0.25, 0.3) is 0 Å². The Kier molecular flexibility index (Phi) is 7.61. The third-order valence-electron chi connectivity index (χ3n) is 2.98. The molecule has 1 aromatic carbocycles. The molecule has 1 rings (SSSR count). The highest BCUT2D eigenvalue weighted by atomic mass is 19.2. The molecule has 6 heteroatoms. The maximum absolute atomic E-state index is 13.1. The molecule has 0 aliphatic heterocycles. The molecular weight excluding hydrogens is 268 g/mol. The van der Waals surface area contributed by atoms with Crippen LogP contribution in [0.2, 0.25) is 0 Å². The van der Waals surface area contributed by atoms with Gasteiger partial charge in [-0.1, -0.05) is 6.07 Å². The van der Waals surface area contributed by atoms with Crippen LogP contribution >= 0.6 is 0 Å². The van der Waals surface area contributed by atoms with Crippen LogP contribution < -0.4 is 0 Å². The summed E-state index contributed by atoms with van der Waals surface area (Å²) in [6.07, 6.45) is -0.890. The summed E-state index contributed by atoms with van der Waals surface area (Å²) in [4.78, 5) is 1.94. The molecule has 1 aromatic rings. The fourth-order valence-electron chi connectivity index (χ4n) is 1.80. The van der Waals surface area contributed by atoms with Gasteiger partial charge >= 0.3 is 0 Å². The van der Waals surface area contributed by atoms with Gasteiger partial charge in [-0.3, -0.25) is 4.90 Å². The molecule has 1 unspecified atom stereocenters. The summed E-state index contributed by atoms with van der Waals surface area (Å²) in [5.74, 6) is -1.88. The van der Waals surface area contributed by atoms with Gasteiger partial charge in [0, 0.05) is 33.9 Å². The van der Waals surface area contributed by atoms with E-state index in [-0.39, 0.29) is 0 Å². The molecule has 0 fully saturated rings. The number of nitrogens with zero attached hydrogens (tertiary/aromatic N) is 1. The molecule has 0 heterocycles. The van der Waals surface area contributed by atoms with Gasteiger partial charge in [0.05, 0.1) is 19.3 Å². The lowest BCUT2D eigenvalue weighted by molar-refractivity contribution is 0.0695. The highest BCUT2D eigenvalue weighted by Crippen LogP contribution is 2.17. The number of hydrogen-bond acceptors (Lipinski definition) is 4. The van der Waals surface area contributed by atoms with Crippen molar-refractivity contribution in [1.29, 1.82) is 0 Å². The Balaban J connectivity index is 2.62. The lowest BCUT2D eigenvalue weighted by atomic mass is 10.1. The van der Waals surface area contributed by atoms with Crippen molar-refractivity contribution in [3.8, 4) is 0 Å². The minimum Gasteiger partial charge on any atom is -0.387 e. The van der Waals surface area contributed by atoms with Crippen LogP contribution in [0, 0.1) is 11.6 Å². The third-order valence-corrected chi connectivity index (χ3v) is 2.98. The maximum Gasteiger partial charge on any atom is 0.159 e. The van der Waals surface area contributed by atoms with Crippen LogP contribution in [0.5, 0.6) is 0 Å². The van der Waals surface area contributed by atoms with Crippen LogP contribution in [-0.4, -0.2) is 57.1 Å². The van der Waals surface area contributed by atoms with Crippen molar-refractivity contribution in [2.75, 3.05) is 47.1 Å². The van der Waals surface area contributed by atoms with E-state index in [4.69, 9.17) is 9.47 Å². The molecule has 114 valence electrons. The van der Waals surface area contributed by atoms with Gasteiger partial charge in [0.15, 0.2) is 11.6 Å². The molecule has 0 aliphatic carbocycles. The van der Waals surface area contributed by atoms with Crippen molar-refractivity contribution in [3.63, 3.8) is 0 Å². The molecule has 4 nitrogen and oxygen atoms in total. The Morgan fingerprint density at radius 1 is 1.10 bits per heavy atom. The first kappa shape index (κ1) is 17.0. The van der Waals surface area contributed by atoms with Gasteiger partial charge in [-0.25, -0.2) is 8.78 Å². The second-order valence-corrected chi connectivity index (χ2v) is 4.48. The summed E-state index contributed by atoms with van der Waals surface area (Å²) < 4.78 is 36.0. The molecule has 0 saturated carbocycles. The quantitative estimate of drug-likeness (QED) is 0.749. The first-order valence-corrected chi connectivity index (χ1v) is 6.41. The fourth-order valence-corrected chi connectivity index (χ4v) is 1.80. The first-order chi connectivity index (χ1) is 9.58. The number of rotatable bonds is 9. The summed E-state index contributed by atoms with van der Waals surface area (Å²) in [6, 6.07) is 3.42. The van der Waals surface area contributed by atoms with E-state index in [1.807, 2.05) is 4.90 Å². The molecule has 0 aliphatic rings. The number of halogens is 2. The van der Waals surface area contributed by atoms with Crippen molar-refractivity contribution in [2.45, 2.75) is 6.10 Å².